The standard InChI is InChI=1S/C34H36F8N2O7S/c1-30(2,3)51-29(47)44-18-26-31(52(48,49)23-12-10-22(35)11-13-23,15-16-43(26)27(45)19-5-7-20(8-6-19)28(46)50-4)24-14-9-21(17-25(24)44)32(36,33(37,38)39)34(40,41)42/h9-14,17,19-20,26H,5-8,15-16,18H2,1-4H3/t19-,20-,26?,31?. The topological polar surface area (TPSA) is 110 Å². The molecule has 1 saturated heterocycles. The summed E-state index contributed by atoms with van der Waals surface area (Å²) in [7, 11) is -3.61. The summed E-state index contributed by atoms with van der Waals surface area (Å²) in [5, 5.41) is 0. The number of halogens is 8. The number of sulfone groups is 1. The van der Waals surface area contributed by atoms with Crippen LogP contribution in [-0.2, 0) is 39.3 Å². The van der Waals surface area contributed by atoms with E-state index >= 15 is 4.39 Å². The molecule has 2 atom stereocenters. The SMILES string of the molecule is COC(=O)[C@H]1CC[C@H](C(=O)N2CCC3(S(=O)(=O)c4ccc(F)cc4)c4ccc(C(F)(C(F)(F)F)C(F)(F)F)cc4N(C(=O)OC(C)(C)C)CC23)CC1. The number of hydrogen-bond acceptors (Lipinski definition) is 7. The predicted octanol–water partition coefficient (Wildman–Crippen LogP) is 7.12. The molecule has 1 aliphatic carbocycles. The number of fused-ring (bicyclic) bond motifs is 3. The Morgan fingerprint density at radius 2 is 1.40 bits per heavy atom. The van der Waals surface area contributed by atoms with Crippen LogP contribution in [0, 0.1) is 17.7 Å². The number of amides is 2. The molecule has 9 nitrogen and oxygen atoms in total. The van der Waals surface area contributed by atoms with Crippen molar-refractivity contribution in [2.24, 2.45) is 11.8 Å². The molecule has 2 aromatic carbocycles. The number of anilines is 1. The molecule has 0 N–H and O–H groups in total. The average molecular weight is 769 g/mol. The number of esters is 1. The molecule has 2 amide bonds. The van der Waals surface area contributed by atoms with Crippen LogP contribution in [0.4, 0.5) is 45.6 Å². The molecule has 18 heteroatoms. The Hall–Kier alpha value is -3.96. The number of likely N-dealkylation sites (tertiary alicyclic amines) is 1. The fourth-order valence-electron chi connectivity index (χ4n) is 7.52. The molecule has 0 bridgehead atoms. The summed E-state index contributed by atoms with van der Waals surface area (Å²) in [6.07, 6.45) is -13.9. The largest absolute Gasteiger partial charge is 0.469 e. The van der Waals surface area contributed by atoms with Gasteiger partial charge in [-0.25, -0.2) is 22.0 Å². The van der Waals surface area contributed by atoms with Gasteiger partial charge in [-0.3, -0.25) is 14.5 Å². The lowest BCUT2D eigenvalue weighted by atomic mass is 9.80. The highest BCUT2D eigenvalue weighted by molar-refractivity contribution is 7.92. The molecule has 0 aromatic heterocycles. The highest BCUT2D eigenvalue weighted by atomic mass is 32.2. The van der Waals surface area contributed by atoms with Crippen molar-refractivity contribution in [1.82, 2.24) is 4.90 Å². The Morgan fingerprint density at radius 1 is 0.846 bits per heavy atom. The lowest BCUT2D eigenvalue weighted by molar-refractivity contribution is -0.348. The summed E-state index contributed by atoms with van der Waals surface area (Å²) in [6.45, 7) is 3.18. The van der Waals surface area contributed by atoms with Gasteiger partial charge in [0.05, 0.1) is 36.2 Å². The number of benzene rings is 2. The first kappa shape index (κ1) is 39.3. The van der Waals surface area contributed by atoms with Gasteiger partial charge in [0.2, 0.25) is 5.91 Å². The maximum absolute atomic E-state index is 15.5. The van der Waals surface area contributed by atoms with Crippen LogP contribution in [0.15, 0.2) is 47.4 Å². The van der Waals surface area contributed by atoms with E-state index in [0.717, 1.165) is 24.3 Å². The van der Waals surface area contributed by atoms with Crippen molar-refractivity contribution in [3.63, 3.8) is 0 Å². The molecule has 3 aliphatic rings. The average Bonchev–Trinajstić information content (AvgIpc) is 3.46. The molecule has 2 fully saturated rings. The van der Waals surface area contributed by atoms with Crippen molar-refractivity contribution in [3.05, 3.63) is 59.4 Å². The molecule has 0 radical (unpaired) electrons. The van der Waals surface area contributed by atoms with Gasteiger partial charge in [-0.05, 0) is 88.8 Å². The van der Waals surface area contributed by atoms with Crippen LogP contribution in [0.25, 0.3) is 0 Å². The van der Waals surface area contributed by atoms with Crippen LogP contribution in [0.3, 0.4) is 0 Å². The van der Waals surface area contributed by atoms with E-state index in [0.29, 0.717) is 11.0 Å². The Morgan fingerprint density at radius 3 is 1.92 bits per heavy atom. The van der Waals surface area contributed by atoms with E-state index in [4.69, 9.17) is 9.47 Å². The minimum Gasteiger partial charge on any atom is -0.469 e. The van der Waals surface area contributed by atoms with Crippen molar-refractivity contribution in [1.29, 1.82) is 0 Å². The third-order valence-electron chi connectivity index (χ3n) is 10.0. The van der Waals surface area contributed by atoms with E-state index in [2.05, 4.69) is 0 Å². The predicted molar refractivity (Wildman–Crippen MR) is 168 cm³/mol. The molecule has 0 spiro atoms. The quantitative estimate of drug-likeness (QED) is 0.181. The number of alkyl halides is 7. The number of nitrogens with zero attached hydrogens (tertiary/aromatic N) is 2. The number of carbonyl (C=O) groups is 3. The first-order valence-corrected chi connectivity index (χ1v) is 17.8. The summed E-state index contributed by atoms with van der Waals surface area (Å²) in [5.41, 5.74) is -10.5. The first-order chi connectivity index (χ1) is 23.9. The van der Waals surface area contributed by atoms with Gasteiger partial charge in [0.15, 0.2) is 9.84 Å². The Bertz CT molecular complexity index is 1820. The maximum atomic E-state index is 15.5. The summed E-state index contributed by atoms with van der Waals surface area (Å²) in [4.78, 5) is 41.4. The number of carbonyl (C=O) groups excluding carboxylic acids is 3. The van der Waals surface area contributed by atoms with Crippen molar-refractivity contribution in [2.45, 2.75) is 92.2 Å². The van der Waals surface area contributed by atoms with Gasteiger partial charge in [-0.15, -0.1) is 0 Å². The van der Waals surface area contributed by atoms with Gasteiger partial charge in [0.25, 0.3) is 0 Å². The van der Waals surface area contributed by atoms with Gasteiger partial charge in [-0.2, -0.15) is 26.3 Å². The first-order valence-electron chi connectivity index (χ1n) is 16.3. The van der Waals surface area contributed by atoms with Gasteiger partial charge in [0.1, 0.15) is 16.2 Å². The summed E-state index contributed by atoms with van der Waals surface area (Å²) >= 11 is 0. The van der Waals surface area contributed by atoms with E-state index in [-0.39, 0.29) is 44.4 Å². The minimum absolute atomic E-state index is 0.136. The molecule has 2 aromatic rings. The number of rotatable bonds is 5. The van der Waals surface area contributed by atoms with E-state index in [1.54, 1.807) is 0 Å². The normalized spacial score (nSPS) is 24.2. The van der Waals surface area contributed by atoms with Crippen LogP contribution in [0.5, 0.6) is 0 Å². The highest BCUT2D eigenvalue weighted by Crippen LogP contribution is 2.58. The third-order valence-corrected chi connectivity index (χ3v) is 12.6. The summed E-state index contributed by atoms with van der Waals surface area (Å²) < 4.78 is 151. The van der Waals surface area contributed by atoms with Crippen molar-refractivity contribution >= 4 is 33.5 Å². The molecule has 2 heterocycles. The van der Waals surface area contributed by atoms with Crippen LogP contribution >= 0.6 is 0 Å². The Balaban J connectivity index is 1.74. The van der Waals surface area contributed by atoms with Crippen molar-refractivity contribution in [2.75, 3.05) is 25.1 Å². The lowest BCUT2D eigenvalue weighted by Crippen LogP contribution is -2.60. The molecule has 5 rings (SSSR count). The Kier molecular flexibility index (Phi) is 9.93. The van der Waals surface area contributed by atoms with Gasteiger partial charge >= 0.3 is 30.1 Å². The second kappa shape index (κ2) is 13.2. The lowest BCUT2D eigenvalue weighted by Gasteiger charge is -2.47. The molecule has 286 valence electrons. The van der Waals surface area contributed by atoms with Gasteiger partial charge in [0, 0.05) is 18.0 Å². The number of methoxy groups -OCH3 is 1. The van der Waals surface area contributed by atoms with Crippen LogP contribution < -0.4 is 4.90 Å². The molecule has 1 saturated carbocycles. The smallest absolute Gasteiger partial charge is 0.435 e. The van der Waals surface area contributed by atoms with E-state index in [9.17, 15) is 53.5 Å². The summed E-state index contributed by atoms with van der Waals surface area (Å²) in [6, 6.07) is 2.90. The second-order valence-electron chi connectivity index (χ2n) is 14.2. The fourth-order valence-corrected chi connectivity index (χ4v) is 9.82. The molecule has 2 unspecified atom stereocenters. The fraction of sp³-hybridized carbons (Fsp3) is 0.559. The zero-order valence-corrected chi connectivity index (χ0v) is 29.2. The van der Waals surface area contributed by atoms with Crippen LogP contribution in [0.2, 0.25) is 0 Å². The molecular formula is C34H36F8N2O7S. The van der Waals surface area contributed by atoms with Crippen molar-refractivity contribution in [3.8, 4) is 0 Å². The van der Waals surface area contributed by atoms with Crippen molar-refractivity contribution < 1.29 is 67.4 Å². The van der Waals surface area contributed by atoms with Crippen LogP contribution in [-0.4, -0.2) is 75.5 Å². The van der Waals surface area contributed by atoms with Gasteiger partial charge < -0.3 is 14.4 Å². The number of hydrogen-bond donors (Lipinski definition) is 0. The second-order valence-corrected chi connectivity index (χ2v) is 16.4. The molecule has 52 heavy (non-hydrogen) atoms. The van der Waals surface area contributed by atoms with Gasteiger partial charge in [-0.1, -0.05) is 12.1 Å². The van der Waals surface area contributed by atoms with E-state index in [1.807, 2.05) is 0 Å². The maximum Gasteiger partial charge on any atom is 0.435 e. The third kappa shape index (κ3) is 6.37. The highest BCUT2D eigenvalue weighted by Gasteiger charge is 2.74. The van der Waals surface area contributed by atoms with E-state index < -0.39 is 115 Å². The summed E-state index contributed by atoms with van der Waals surface area (Å²) in [5.74, 6) is -3.01. The molecule has 2 aliphatic heterocycles. The zero-order valence-electron chi connectivity index (χ0n) is 28.4. The minimum atomic E-state index is -6.53. The van der Waals surface area contributed by atoms with Crippen LogP contribution in [0.1, 0.15) is 64.0 Å². The number of ether oxygens (including phenoxy) is 2. The van der Waals surface area contributed by atoms with E-state index in [1.165, 1.54) is 32.8 Å². The zero-order chi connectivity index (χ0) is 38.8. The monoisotopic (exact) mass is 768 g/mol. The molecular weight excluding hydrogens is 732 g/mol. The Labute approximate surface area is 294 Å².